The van der Waals surface area contributed by atoms with E-state index in [1.807, 2.05) is 48.5 Å². The molecule has 1 heterocycles. The van der Waals surface area contributed by atoms with Gasteiger partial charge in [-0.25, -0.2) is 0 Å². The maximum absolute atomic E-state index is 12.8. The molecule has 1 aliphatic heterocycles. The summed E-state index contributed by atoms with van der Waals surface area (Å²) >= 11 is 0. The zero-order chi connectivity index (χ0) is 19.3. The van der Waals surface area contributed by atoms with Crippen molar-refractivity contribution in [1.29, 1.82) is 0 Å². The van der Waals surface area contributed by atoms with Crippen LogP contribution in [0.2, 0.25) is 0 Å². The molecule has 0 spiro atoms. The summed E-state index contributed by atoms with van der Waals surface area (Å²) in [7, 11) is 1.60. The van der Waals surface area contributed by atoms with E-state index in [-0.39, 0.29) is 5.91 Å². The predicted molar refractivity (Wildman–Crippen MR) is 113 cm³/mol. The molecule has 1 fully saturated rings. The fraction of sp³-hybridized carbons (Fsp3) is 0.292. The van der Waals surface area contributed by atoms with Crippen LogP contribution in [-0.4, -0.2) is 26.1 Å². The summed E-state index contributed by atoms with van der Waals surface area (Å²) in [4.78, 5) is 14.5. The second-order valence-corrected chi connectivity index (χ2v) is 7.54. The van der Waals surface area contributed by atoms with E-state index < -0.39 is 0 Å². The number of likely N-dealkylation sites (tertiary alicyclic amines) is 1. The Hall–Kier alpha value is -2.85. The van der Waals surface area contributed by atoms with Gasteiger partial charge in [0, 0.05) is 11.3 Å². The van der Waals surface area contributed by atoms with E-state index in [4.69, 9.17) is 4.74 Å². The lowest BCUT2D eigenvalue weighted by Crippen LogP contribution is -3.11. The largest absolute Gasteiger partial charge is 0.496 e. The Labute approximate surface area is 166 Å². The van der Waals surface area contributed by atoms with Crippen LogP contribution in [0.3, 0.4) is 0 Å². The minimum atomic E-state index is -0.156. The van der Waals surface area contributed by atoms with Crippen molar-refractivity contribution < 1.29 is 14.4 Å². The number of fused-ring (bicyclic) bond motifs is 1. The fourth-order valence-corrected chi connectivity index (χ4v) is 3.99. The molecule has 1 saturated heterocycles. The molecule has 3 aromatic rings. The molecule has 0 aliphatic carbocycles. The van der Waals surface area contributed by atoms with E-state index in [0.29, 0.717) is 11.3 Å². The number of rotatable bonds is 5. The number of anilines is 1. The molecule has 0 atom stereocenters. The van der Waals surface area contributed by atoms with Gasteiger partial charge >= 0.3 is 0 Å². The molecule has 144 valence electrons. The van der Waals surface area contributed by atoms with Gasteiger partial charge in [0.05, 0.1) is 25.8 Å². The third-order valence-corrected chi connectivity index (χ3v) is 5.54. The highest BCUT2D eigenvalue weighted by molar-refractivity contribution is 6.08. The number of quaternary nitrogens is 1. The Balaban J connectivity index is 1.48. The van der Waals surface area contributed by atoms with Crippen LogP contribution >= 0.6 is 0 Å². The normalized spacial score (nSPS) is 14.8. The molecular formula is C24H27N2O2+. The number of amides is 1. The first-order valence-corrected chi connectivity index (χ1v) is 10.0. The van der Waals surface area contributed by atoms with E-state index in [1.54, 1.807) is 12.0 Å². The zero-order valence-corrected chi connectivity index (χ0v) is 16.3. The molecule has 4 nitrogen and oxygen atoms in total. The maximum Gasteiger partial charge on any atom is 0.259 e. The number of piperidine rings is 1. The molecule has 2 N–H and O–H groups in total. The SMILES string of the molecule is COc1cc2ccccc2cc1C(=O)Nc1ccc(C[NH+]2CCCCC2)cc1. The summed E-state index contributed by atoms with van der Waals surface area (Å²) in [6, 6.07) is 20.0. The second kappa shape index (κ2) is 8.44. The lowest BCUT2D eigenvalue weighted by molar-refractivity contribution is -0.918. The fourth-order valence-electron chi connectivity index (χ4n) is 3.99. The molecule has 3 aromatic carbocycles. The van der Waals surface area contributed by atoms with Crippen molar-refractivity contribution in [1.82, 2.24) is 0 Å². The van der Waals surface area contributed by atoms with Crippen molar-refractivity contribution in [2.24, 2.45) is 0 Å². The van der Waals surface area contributed by atoms with E-state index in [1.165, 1.54) is 37.9 Å². The Morgan fingerprint density at radius 3 is 2.32 bits per heavy atom. The lowest BCUT2D eigenvalue weighted by Gasteiger charge is -2.23. The number of benzene rings is 3. The Kier molecular flexibility index (Phi) is 5.58. The Morgan fingerprint density at radius 2 is 1.64 bits per heavy atom. The van der Waals surface area contributed by atoms with Crippen LogP contribution in [0.25, 0.3) is 10.8 Å². The average Bonchev–Trinajstić information content (AvgIpc) is 2.75. The highest BCUT2D eigenvalue weighted by Crippen LogP contribution is 2.26. The molecule has 0 saturated carbocycles. The minimum Gasteiger partial charge on any atom is -0.496 e. The van der Waals surface area contributed by atoms with Gasteiger partial charge in [0.15, 0.2) is 0 Å². The molecule has 28 heavy (non-hydrogen) atoms. The highest BCUT2D eigenvalue weighted by Gasteiger charge is 2.15. The van der Waals surface area contributed by atoms with Gasteiger partial charge in [-0.15, -0.1) is 0 Å². The molecule has 1 amide bonds. The van der Waals surface area contributed by atoms with Gasteiger partial charge in [0.1, 0.15) is 12.3 Å². The summed E-state index contributed by atoms with van der Waals surface area (Å²) in [6.07, 6.45) is 4.03. The van der Waals surface area contributed by atoms with Gasteiger partial charge in [-0.05, 0) is 54.3 Å². The van der Waals surface area contributed by atoms with Crippen molar-refractivity contribution in [3.63, 3.8) is 0 Å². The Bertz CT molecular complexity index is 960. The lowest BCUT2D eigenvalue weighted by atomic mass is 10.0. The summed E-state index contributed by atoms with van der Waals surface area (Å²) in [5.41, 5.74) is 2.67. The average molecular weight is 375 g/mol. The van der Waals surface area contributed by atoms with Crippen LogP contribution in [0, 0.1) is 0 Å². The van der Waals surface area contributed by atoms with Crippen molar-refractivity contribution in [3.05, 3.63) is 71.8 Å². The molecule has 0 radical (unpaired) electrons. The van der Waals surface area contributed by atoms with Crippen LogP contribution in [0.5, 0.6) is 5.75 Å². The number of methoxy groups -OCH3 is 1. The second-order valence-electron chi connectivity index (χ2n) is 7.54. The number of carbonyl (C=O) groups is 1. The van der Waals surface area contributed by atoms with Crippen molar-refractivity contribution in [2.75, 3.05) is 25.5 Å². The number of hydrogen-bond acceptors (Lipinski definition) is 2. The smallest absolute Gasteiger partial charge is 0.259 e. The standard InChI is InChI=1S/C24H26N2O2/c1-28-23-16-20-8-4-3-7-19(20)15-22(23)24(27)25-21-11-9-18(10-12-21)17-26-13-5-2-6-14-26/h3-4,7-12,15-16H,2,5-6,13-14,17H2,1H3,(H,25,27)/p+1. The van der Waals surface area contributed by atoms with Crippen LogP contribution < -0.4 is 15.0 Å². The number of carbonyl (C=O) groups excluding carboxylic acids is 1. The predicted octanol–water partition coefficient (Wildman–Crippen LogP) is 3.67. The first-order valence-electron chi connectivity index (χ1n) is 10.0. The first kappa shape index (κ1) is 18.5. The van der Waals surface area contributed by atoms with E-state index in [0.717, 1.165) is 23.0 Å². The van der Waals surface area contributed by atoms with Gasteiger partial charge in [0.25, 0.3) is 5.91 Å². The number of nitrogens with one attached hydrogen (secondary N) is 2. The molecule has 0 unspecified atom stereocenters. The third kappa shape index (κ3) is 4.18. The monoisotopic (exact) mass is 375 g/mol. The Morgan fingerprint density at radius 1 is 0.964 bits per heavy atom. The van der Waals surface area contributed by atoms with Crippen molar-refractivity contribution in [2.45, 2.75) is 25.8 Å². The molecular weight excluding hydrogens is 348 g/mol. The van der Waals surface area contributed by atoms with Gasteiger partial charge in [-0.3, -0.25) is 4.79 Å². The molecule has 1 aliphatic rings. The van der Waals surface area contributed by atoms with Gasteiger partial charge in [0.2, 0.25) is 0 Å². The summed E-state index contributed by atoms with van der Waals surface area (Å²) in [5, 5.41) is 5.08. The third-order valence-electron chi connectivity index (χ3n) is 5.54. The maximum atomic E-state index is 12.8. The van der Waals surface area contributed by atoms with E-state index in [2.05, 4.69) is 17.4 Å². The van der Waals surface area contributed by atoms with Gasteiger partial charge in [-0.1, -0.05) is 36.4 Å². The molecule has 0 aromatic heterocycles. The highest BCUT2D eigenvalue weighted by atomic mass is 16.5. The van der Waals surface area contributed by atoms with Crippen LogP contribution in [0.1, 0.15) is 35.2 Å². The number of hydrogen-bond donors (Lipinski definition) is 2. The van der Waals surface area contributed by atoms with Crippen LogP contribution in [-0.2, 0) is 6.54 Å². The quantitative estimate of drug-likeness (QED) is 0.715. The summed E-state index contributed by atoms with van der Waals surface area (Å²) in [6.45, 7) is 3.59. The molecule has 0 bridgehead atoms. The van der Waals surface area contributed by atoms with E-state index >= 15 is 0 Å². The molecule has 4 heteroatoms. The van der Waals surface area contributed by atoms with Crippen LogP contribution in [0.15, 0.2) is 60.7 Å². The van der Waals surface area contributed by atoms with Crippen molar-refractivity contribution in [3.8, 4) is 5.75 Å². The summed E-state index contributed by atoms with van der Waals surface area (Å²) < 4.78 is 5.45. The first-order chi connectivity index (χ1) is 13.7. The summed E-state index contributed by atoms with van der Waals surface area (Å²) in [5.74, 6) is 0.429. The zero-order valence-electron chi connectivity index (χ0n) is 16.3. The van der Waals surface area contributed by atoms with E-state index in [9.17, 15) is 4.79 Å². The van der Waals surface area contributed by atoms with Crippen molar-refractivity contribution >= 4 is 22.4 Å². The van der Waals surface area contributed by atoms with Gasteiger partial charge < -0.3 is 15.0 Å². The number of ether oxygens (including phenoxy) is 1. The topological polar surface area (TPSA) is 42.8 Å². The van der Waals surface area contributed by atoms with Crippen LogP contribution in [0.4, 0.5) is 5.69 Å². The minimum absolute atomic E-state index is 0.156. The molecule has 4 rings (SSSR count). The van der Waals surface area contributed by atoms with Gasteiger partial charge in [-0.2, -0.15) is 0 Å².